The standard InChI is InChI=1S/C12H21N3O/c1-12(2,8-16-3)15-9-13-7-11(15)10-5-4-6-14-10/h7,9-10,14H,4-6,8H2,1-3H3/t10-/m0/s1. The Labute approximate surface area is 97.0 Å². The molecule has 1 fully saturated rings. The third-order valence-corrected chi connectivity index (χ3v) is 3.23. The largest absolute Gasteiger partial charge is 0.382 e. The van der Waals surface area contributed by atoms with Crippen molar-refractivity contribution in [3.05, 3.63) is 18.2 Å². The highest BCUT2D eigenvalue weighted by Crippen LogP contribution is 2.27. The van der Waals surface area contributed by atoms with Gasteiger partial charge in [0.15, 0.2) is 0 Å². The average molecular weight is 223 g/mol. The summed E-state index contributed by atoms with van der Waals surface area (Å²) < 4.78 is 7.51. The number of rotatable bonds is 4. The van der Waals surface area contributed by atoms with E-state index in [1.807, 2.05) is 12.5 Å². The summed E-state index contributed by atoms with van der Waals surface area (Å²) >= 11 is 0. The van der Waals surface area contributed by atoms with Gasteiger partial charge in [-0.25, -0.2) is 4.98 Å². The van der Waals surface area contributed by atoms with E-state index in [9.17, 15) is 0 Å². The molecular formula is C12H21N3O. The number of nitrogens with zero attached hydrogens (tertiary/aromatic N) is 2. The number of imidazole rings is 1. The Balaban J connectivity index is 2.24. The van der Waals surface area contributed by atoms with E-state index in [0.29, 0.717) is 12.6 Å². The van der Waals surface area contributed by atoms with E-state index in [-0.39, 0.29) is 5.54 Å². The lowest BCUT2D eigenvalue weighted by atomic mass is 10.0. The van der Waals surface area contributed by atoms with Gasteiger partial charge in [-0.2, -0.15) is 0 Å². The van der Waals surface area contributed by atoms with Crippen LogP contribution >= 0.6 is 0 Å². The van der Waals surface area contributed by atoms with E-state index in [4.69, 9.17) is 4.74 Å². The van der Waals surface area contributed by atoms with Crippen molar-refractivity contribution in [2.75, 3.05) is 20.3 Å². The smallest absolute Gasteiger partial charge is 0.0954 e. The Kier molecular flexibility index (Phi) is 3.30. The van der Waals surface area contributed by atoms with Gasteiger partial charge in [0.25, 0.3) is 0 Å². The highest BCUT2D eigenvalue weighted by molar-refractivity contribution is 5.10. The van der Waals surface area contributed by atoms with E-state index >= 15 is 0 Å². The molecule has 1 aromatic heterocycles. The van der Waals surface area contributed by atoms with Crippen molar-refractivity contribution in [2.24, 2.45) is 0 Å². The molecule has 1 aliphatic rings. The van der Waals surface area contributed by atoms with E-state index in [0.717, 1.165) is 6.54 Å². The van der Waals surface area contributed by atoms with Crippen LogP contribution in [0.1, 0.15) is 38.4 Å². The van der Waals surface area contributed by atoms with Gasteiger partial charge in [0.2, 0.25) is 0 Å². The highest BCUT2D eigenvalue weighted by Gasteiger charge is 2.27. The van der Waals surface area contributed by atoms with Gasteiger partial charge in [0, 0.05) is 19.3 Å². The molecule has 0 amide bonds. The Morgan fingerprint density at radius 3 is 3.06 bits per heavy atom. The minimum Gasteiger partial charge on any atom is -0.382 e. The molecule has 0 aliphatic carbocycles. The molecule has 4 heteroatoms. The molecule has 1 aromatic rings. The first-order chi connectivity index (χ1) is 7.65. The molecule has 4 nitrogen and oxygen atoms in total. The predicted molar refractivity (Wildman–Crippen MR) is 63.4 cm³/mol. The van der Waals surface area contributed by atoms with Gasteiger partial charge in [0.1, 0.15) is 0 Å². The van der Waals surface area contributed by atoms with Crippen LogP contribution in [0.2, 0.25) is 0 Å². The van der Waals surface area contributed by atoms with Gasteiger partial charge in [-0.3, -0.25) is 0 Å². The summed E-state index contributed by atoms with van der Waals surface area (Å²) in [4.78, 5) is 4.28. The Hall–Kier alpha value is -0.870. The second-order valence-corrected chi connectivity index (χ2v) is 5.08. The van der Waals surface area contributed by atoms with Crippen molar-refractivity contribution in [1.29, 1.82) is 0 Å². The van der Waals surface area contributed by atoms with Crippen LogP contribution in [0.3, 0.4) is 0 Å². The summed E-state index contributed by atoms with van der Waals surface area (Å²) in [5.74, 6) is 0. The minimum atomic E-state index is -0.0369. The lowest BCUT2D eigenvalue weighted by molar-refractivity contribution is 0.107. The maximum Gasteiger partial charge on any atom is 0.0954 e. The SMILES string of the molecule is COCC(C)(C)n1cncc1[C@@H]1CCCN1. The molecule has 1 N–H and O–H groups in total. The van der Waals surface area contributed by atoms with Gasteiger partial charge < -0.3 is 14.6 Å². The minimum absolute atomic E-state index is 0.0369. The van der Waals surface area contributed by atoms with Crippen LogP contribution in [0.15, 0.2) is 12.5 Å². The maximum absolute atomic E-state index is 5.28. The molecule has 0 bridgehead atoms. The number of methoxy groups -OCH3 is 1. The summed E-state index contributed by atoms with van der Waals surface area (Å²) in [6.45, 7) is 6.16. The molecule has 1 aliphatic heterocycles. The first-order valence-electron chi connectivity index (χ1n) is 5.90. The monoisotopic (exact) mass is 223 g/mol. The average Bonchev–Trinajstić information content (AvgIpc) is 2.88. The maximum atomic E-state index is 5.28. The summed E-state index contributed by atoms with van der Waals surface area (Å²) in [5.41, 5.74) is 1.24. The summed E-state index contributed by atoms with van der Waals surface area (Å²) in [6, 6.07) is 0.457. The normalized spacial score (nSPS) is 21.6. The molecule has 90 valence electrons. The topological polar surface area (TPSA) is 39.1 Å². The fraction of sp³-hybridized carbons (Fsp3) is 0.750. The lowest BCUT2D eigenvalue weighted by Crippen LogP contribution is -2.34. The van der Waals surface area contributed by atoms with Crippen LogP contribution in [0.4, 0.5) is 0 Å². The van der Waals surface area contributed by atoms with Crippen molar-refractivity contribution >= 4 is 0 Å². The zero-order chi connectivity index (χ0) is 11.6. The van der Waals surface area contributed by atoms with Crippen LogP contribution in [0.25, 0.3) is 0 Å². The molecule has 2 rings (SSSR count). The van der Waals surface area contributed by atoms with Gasteiger partial charge >= 0.3 is 0 Å². The second kappa shape index (κ2) is 4.55. The molecule has 0 unspecified atom stereocenters. The van der Waals surface area contributed by atoms with Crippen LogP contribution in [-0.2, 0) is 10.3 Å². The fourth-order valence-corrected chi connectivity index (χ4v) is 2.43. The zero-order valence-corrected chi connectivity index (χ0v) is 10.4. The van der Waals surface area contributed by atoms with Gasteiger partial charge in [-0.1, -0.05) is 0 Å². The quantitative estimate of drug-likeness (QED) is 0.844. The van der Waals surface area contributed by atoms with Gasteiger partial charge in [0.05, 0.1) is 24.2 Å². The first kappa shape index (κ1) is 11.6. The van der Waals surface area contributed by atoms with Gasteiger partial charge in [-0.15, -0.1) is 0 Å². The second-order valence-electron chi connectivity index (χ2n) is 5.08. The fourth-order valence-electron chi connectivity index (χ4n) is 2.43. The van der Waals surface area contributed by atoms with Crippen LogP contribution < -0.4 is 5.32 Å². The van der Waals surface area contributed by atoms with E-state index in [1.54, 1.807) is 7.11 Å². The molecule has 0 aromatic carbocycles. The third kappa shape index (κ3) is 2.13. The number of ether oxygens (including phenoxy) is 1. The Bertz CT molecular complexity index is 340. The van der Waals surface area contributed by atoms with Crippen molar-refractivity contribution < 1.29 is 4.74 Å². The third-order valence-electron chi connectivity index (χ3n) is 3.23. The molecule has 0 spiro atoms. The van der Waals surface area contributed by atoms with E-state index in [2.05, 4.69) is 28.7 Å². The van der Waals surface area contributed by atoms with Crippen LogP contribution in [-0.4, -0.2) is 29.8 Å². The van der Waals surface area contributed by atoms with E-state index < -0.39 is 0 Å². The molecule has 16 heavy (non-hydrogen) atoms. The van der Waals surface area contributed by atoms with Crippen molar-refractivity contribution in [2.45, 2.75) is 38.3 Å². The predicted octanol–water partition coefficient (Wildman–Crippen LogP) is 1.69. The number of nitrogens with one attached hydrogen (secondary N) is 1. The van der Waals surface area contributed by atoms with Gasteiger partial charge in [-0.05, 0) is 33.2 Å². The van der Waals surface area contributed by atoms with E-state index in [1.165, 1.54) is 18.5 Å². The van der Waals surface area contributed by atoms with Crippen molar-refractivity contribution in [3.63, 3.8) is 0 Å². The molecule has 1 saturated heterocycles. The van der Waals surface area contributed by atoms with Crippen molar-refractivity contribution in [3.8, 4) is 0 Å². The Morgan fingerprint density at radius 2 is 2.44 bits per heavy atom. The molecule has 0 radical (unpaired) electrons. The Morgan fingerprint density at radius 1 is 1.62 bits per heavy atom. The van der Waals surface area contributed by atoms with Crippen LogP contribution in [0, 0.1) is 0 Å². The number of aromatic nitrogens is 2. The first-order valence-corrected chi connectivity index (χ1v) is 5.90. The summed E-state index contributed by atoms with van der Waals surface area (Å²) in [5, 5.41) is 3.51. The van der Waals surface area contributed by atoms with Crippen molar-refractivity contribution in [1.82, 2.24) is 14.9 Å². The van der Waals surface area contributed by atoms with Crippen LogP contribution in [0.5, 0.6) is 0 Å². The summed E-state index contributed by atoms with van der Waals surface area (Å²) in [7, 11) is 1.74. The molecule has 1 atom stereocenters. The lowest BCUT2D eigenvalue weighted by Gasteiger charge is -2.29. The summed E-state index contributed by atoms with van der Waals surface area (Å²) in [6.07, 6.45) is 6.34. The number of hydrogen-bond acceptors (Lipinski definition) is 3. The molecular weight excluding hydrogens is 202 g/mol. The molecule has 2 heterocycles. The highest BCUT2D eigenvalue weighted by atomic mass is 16.5. The zero-order valence-electron chi connectivity index (χ0n) is 10.4. The number of hydrogen-bond donors (Lipinski definition) is 1. The molecule has 0 saturated carbocycles.